The highest BCUT2D eigenvalue weighted by atomic mass is 16.4. The summed E-state index contributed by atoms with van der Waals surface area (Å²) in [6, 6.07) is 4.19. The van der Waals surface area contributed by atoms with Crippen LogP contribution in [0.1, 0.15) is 65.8 Å². The van der Waals surface area contributed by atoms with E-state index in [-0.39, 0.29) is 17.0 Å². The monoisotopic (exact) mass is 276 g/mol. The molecule has 0 heterocycles. The van der Waals surface area contributed by atoms with Crippen LogP contribution in [-0.4, -0.2) is 11.9 Å². The van der Waals surface area contributed by atoms with E-state index >= 15 is 0 Å². The van der Waals surface area contributed by atoms with Crippen molar-refractivity contribution in [3.8, 4) is 0 Å². The first-order valence-corrected chi connectivity index (χ1v) is 7.05. The molecule has 0 aromatic heterocycles. The van der Waals surface area contributed by atoms with Gasteiger partial charge in [0.15, 0.2) is 0 Å². The summed E-state index contributed by atoms with van der Waals surface area (Å²) in [5, 5.41) is 22.3. The normalized spacial score (nSPS) is 12.1. The van der Waals surface area contributed by atoms with Crippen molar-refractivity contribution in [3.63, 3.8) is 0 Å². The number of carboxylic acids is 2. The largest absolute Gasteiger partial charge is 0.545 e. The molecule has 0 saturated heterocycles. The zero-order valence-corrected chi connectivity index (χ0v) is 12.0. The van der Waals surface area contributed by atoms with Crippen molar-refractivity contribution in [1.82, 2.24) is 0 Å². The number of carboxylic acid groups (broad SMARTS) is 2. The van der Waals surface area contributed by atoms with E-state index in [1.807, 2.05) is 6.92 Å². The van der Waals surface area contributed by atoms with Gasteiger partial charge in [-0.25, -0.2) is 0 Å². The lowest BCUT2D eigenvalue weighted by Gasteiger charge is -2.21. The molecule has 0 fully saturated rings. The molecule has 1 atom stereocenters. The Labute approximate surface area is 119 Å². The summed E-state index contributed by atoms with van der Waals surface area (Å²) in [6.07, 6.45) is 4.39. The zero-order chi connectivity index (χ0) is 15.1. The number of hydrogen-bond acceptors (Lipinski definition) is 4. The molecule has 4 nitrogen and oxygen atoms in total. The molecule has 0 N–H and O–H groups in total. The highest BCUT2D eigenvalue weighted by Gasteiger charge is 2.15. The summed E-state index contributed by atoms with van der Waals surface area (Å²) >= 11 is 0. The summed E-state index contributed by atoms with van der Waals surface area (Å²) in [5.74, 6) is -2.41. The molecule has 1 aromatic rings. The summed E-state index contributed by atoms with van der Waals surface area (Å²) in [4.78, 5) is 22.3. The van der Waals surface area contributed by atoms with Crippen molar-refractivity contribution in [3.05, 3.63) is 34.9 Å². The molecule has 0 aliphatic rings. The molecule has 1 rings (SSSR count). The van der Waals surface area contributed by atoms with Crippen LogP contribution in [0.5, 0.6) is 0 Å². The van der Waals surface area contributed by atoms with E-state index in [0.29, 0.717) is 12.0 Å². The Hall–Kier alpha value is -1.84. The molecular formula is C16H20O4-2. The van der Waals surface area contributed by atoms with E-state index in [4.69, 9.17) is 0 Å². The fourth-order valence-electron chi connectivity index (χ4n) is 2.42. The zero-order valence-electron chi connectivity index (χ0n) is 12.0. The van der Waals surface area contributed by atoms with Gasteiger partial charge in [0, 0.05) is 11.1 Å². The number of carbonyl (C=O) groups is 2. The summed E-state index contributed by atoms with van der Waals surface area (Å²) in [5.41, 5.74) is 0.249. The van der Waals surface area contributed by atoms with Gasteiger partial charge in [-0.05, 0) is 17.9 Å². The lowest BCUT2D eigenvalue weighted by Crippen LogP contribution is -2.29. The maximum absolute atomic E-state index is 11.2. The topological polar surface area (TPSA) is 80.3 Å². The number of carbonyl (C=O) groups excluding carboxylic acids is 2. The van der Waals surface area contributed by atoms with E-state index in [2.05, 4.69) is 6.92 Å². The summed E-state index contributed by atoms with van der Waals surface area (Å²) < 4.78 is 0. The number of benzene rings is 1. The first kappa shape index (κ1) is 16.2. The number of hydrogen-bond donors (Lipinski definition) is 0. The second-order valence-electron chi connectivity index (χ2n) is 5.03. The van der Waals surface area contributed by atoms with Crippen LogP contribution in [0.25, 0.3) is 0 Å². The minimum absolute atomic E-state index is 0.0401. The van der Waals surface area contributed by atoms with Gasteiger partial charge in [0.1, 0.15) is 0 Å². The molecular weight excluding hydrogens is 256 g/mol. The first-order valence-electron chi connectivity index (χ1n) is 7.05. The molecule has 1 unspecified atom stereocenters. The Morgan fingerprint density at radius 1 is 1.10 bits per heavy atom. The average molecular weight is 276 g/mol. The van der Waals surface area contributed by atoms with Gasteiger partial charge < -0.3 is 19.8 Å². The molecule has 0 radical (unpaired) electrons. The lowest BCUT2D eigenvalue weighted by molar-refractivity contribution is -0.255. The van der Waals surface area contributed by atoms with E-state index in [0.717, 1.165) is 25.7 Å². The van der Waals surface area contributed by atoms with Gasteiger partial charge in [0.05, 0.1) is 11.9 Å². The van der Waals surface area contributed by atoms with Crippen LogP contribution in [0.2, 0.25) is 0 Å². The van der Waals surface area contributed by atoms with Gasteiger partial charge in [-0.2, -0.15) is 0 Å². The van der Waals surface area contributed by atoms with Crippen LogP contribution in [0.4, 0.5) is 0 Å². The maximum atomic E-state index is 11.2. The van der Waals surface area contributed by atoms with Crippen molar-refractivity contribution < 1.29 is 19.8 Å². The molecule has 110 valence electrons. The predicted molar refractivity (Wildman–Crippen MR) is 72.1 cm³/mol. The number of aromatic carboxylic acids is 2. The molecule has 0 amide bonds. The van der Waals surface area contributed by atoms with Crippen LogP contribution in [0.15, 0.2) is 18.2 Å². The van der Waals surface area contributed by atoms with Crippen LogP contribution in [0.3, 0.4) is 0 Å². The highest BCUT2D eigenvalue weighted by molar-refractivity contribution is 5.95. The minimum Gasteiger partial charge on any atom is -0.545 e. The van der Waals surface area contributed by atoms with Gasteiger partial charge in [0.25, 0.3) is 0 Å². The lowest BCUT2D eigenvalue weighted by atomic mass is 9.87. The smallest absolute Gasteiger partial charge is 0.0718 e. The molecule has 0 saturated carbocycles. The summed E-state index contributed by atoms with van der Waals surface area (Å²) in [7, 11) is 0. The molecule has 0 spiro atoms. The first-order chi connectivity index (χ1) is 9.51. The SMILES string of the molecule is CCCCC(CC)Cc1c(C(=O)[O-])cccc1C(=O)[O-]. The molecule has 0 aliphatic heterocycles. The molecule has 0 aliphatic carbocycles. The fourth-order valence-corrected chi connectivity index (χ4v) is 2.42. The Morgan fingerprint density at radius 2 is 1.65 bits per heavy atom. The molecule has 1 aromatic carbocycles. The van der Waals surface area contributed by atoms with Crippen LogP contribution in [-0.2, 0) is 6.42 Å². The van der Waals surface area contributed by atoms with Gasteiger partial charge in [-0.1, -0.05) is 57.7 Å². The van der Waals surface area contributed by atoms with Gasteiger partial charge in [-0.3, -0.25) is 0 Å². The van der Waals surface area contributed by atoms with E-state index < -0.39 is 11.9 Å². The maximum Gasteiger partial charge on any atom is 0.0718 e. The highest BCUT2D eigenvalue weighted by Crippen LogP contribution is 2.23. The third-order valence-corrected chi connectivity index (χ3v) is 3.65. The third-order valence-electron chi connectivity index (χ3n) is 3.65. The second kappa shape index (κ2) is 7.68. The Balaban J connectivity index is 3.12. The van der Waals surface area contributed by atoms with Crippen LogP contribution < -0.4 is 10.2 Å². The second-order valence-corrected chi connectivity index (χ2v) is 5.03. The Kier molecular flexibility index (Phi) is 6.22. The van der Waals surface area contributed by atoms with E-state index in [9.17, 15) is 19.8 Å². The van der Waals surface area contributed by atoms with Crippen molar-refractivity contribution in [2.24, 2.45) is 5.92 Å². The standard InChI is InChI=1S/C16H22O4/c1-3-5-7-11(4-2)10-14-12(15(17)18)8-6-9-13(14)16(19)20/h6,8-9,11H,3-5,7,10H2,1-2H3,(H,17,18)(H,19,20)/p-2. The van der Waals surface area contributed by atoms with Gasteiger partial charge >= 0.3 is 0 Å². The summed E-state index contributed by atoms with van der Waals surface area (Å²) in [6.45, 7) is 4.12. The van der Waals surface area contributed by atoms with Crippen LogP contribution >= 0.6 is 0 Å². The van der Waals surface area contributed by atoms with Gasteiger partial charge in [0.2, 0.25) is 0 Å². The van der Waals surface area contributed by atoms with Gasteiger partial charge in [-0.15, -0.1) is 0 Å². The molecule has 4 heteroatoms. The Bertz CT molecular complexity index is 447. The Morgan fingerprint density at radius 3 is 2.05 bits per heavy atom. The molecule has 20 heavy (non-hydrogen) atoms. The molecule has 0 bridgehead atoms. The van der Waals surface area contributed by atoms with Crippen molar-refractivity contribution in [1.29, 1.82) is 0 Å². The van der Waals surface area contributed by atoms with E-state index in [1.165, 1.54) is 18.2 Å². The number of rotatable bonds is 8. The minimum atomic E-state index is -1.34. The number of unbranched alkanes of at least 4 members (excludes halogenated alkanes) is 1. The third kappa shape index (κ3) is 4.08. The van der Waals surface area contributed by atoms with Crippen molar-refractivity contribution in [2.45, 2.75) is 46.0 Å². The van der Waals surface area contributed by atoms with Crippen molar-refractivity contribution in [2.75, 3.05) is 0 Å². The predicted octanol–water partition coefficient (Wildman–Crippen LogP) is 1.17. The fraction of sp³-hybridized carbons (Fsp3) is 0.500. The van der Waals surface area contributed by atoms with Crippen molar-refractivity contribution >= 4 is 11.9 Å². The quantitative estimate of drug-likeness (QED) is 0.714. The van der Waals surface area contributed by atoms with E-state index in [1.54, 1.807) is 0 Å². The van der Waals surface area contributed by atoms with Crippen LogP contribution in [0, 0.1) is 5.92 Å². The average Bonchev–Trinajstić information content (AvgIpc) is 2.42.